The Bertz CT molecular complexity index is 853. The first-order valence-corrected chi connectivity index (χ1v) is 8.99. The highest BCUT2D eigenvalue weighted by atomic mass is 19.1. The number of ether oxygens (including phenoxy) is 1. The molecule has 7 heteroatoms. The third-order valence-electron chi connectivity index (χ3n) is 4.46. The lowest BCUT2D eigenvalue weighted by Gasteiger charge is -2.23. The maximum absolute atomic E-state index is 15.4. The van der Waals surface area contributed by atoms with Crippen molar-refractivity contribution >= 4 is 11.7 Å². The fourth-order valence-electron chi connectivity index (χ4n) is 3.10. The molecule has 3 N–H and O–H groups in total. The van der Waals surface area contributed by atoms with E-state index < -0.39 is 29.4 Å². The third kappa shape index (κ3) is 4.92. The van der Waals surface area contributed by atoms with E-state index >= 15 is 4.39 Å². The summed E-state index contributed by atoms with van der Waals surface area (Å²) < 4.78 is 33.7. The van der Waals surface area contributed by atoms with Crippen LogP contribution in [0.2, 0.25) is 0 Å². The molecule has 0 aliphatic carbocycles. The highest BCUT2D eigenvalue weighted by Crippen LogP contribution is 2.31. The summed E-state index contributed by atoms with van der Waals surface area (Å²) in [6.07, 6.45) is 0.631. The lowest BCUT2D eigenvalue weighted by atomic mass is 9.95. The van der Waals surface area contributed by atoms with E-state index in [-0.39, 0.29) is 34.9 Å². The average Bonchev–Trinajstić information content (AvgIpc) is 2.65. The average molecular weight is 390 g/mol. The minimum absolute atomic E-state index is 0.0932. The molecule has 0 bridgehead atoms. The van der Waals surface area contributed by atoms with Crippen molar-refractivity contribution in [1.82, 2.24) is 5.32 Å². The quantitative estimate of drug-likeness (QED) is 0.642. The molecule has 0 heterocycles. The van der Waals surface area contributed by atoms with Gasteiger partial charge in [0.1, 0.15) is 22.9 Å². The van der Waals surface area contributed by atoms with Gasteiger partial charge in [-0.2, -0.15) is 0 Å². The van der Waals surface area contributed by atoms with Gasteiger partial charge in [-0.1, -0.05) is 13.0 Å². The molecule has 1 amide bonds. The van der Waals surface area contributed by atoms with Crippen molar-refractivity contribution in [3.63, 3.8) is 0 Å². The molecule has 2 rings (SSSR count). The smallest absolute Gasteiger partial charge is 0.218 e. The first-order chi connectivity index (χ1) is 13.3. The summed E-state index contributed by atoms with van der Waals surface area (Å²) in [6, 6.07) is 7.26. The molecule has 150 valence electrons. The molecule has 2 atom stereocenters. The Morgan fingerprint density at radius 1 is 1.14 bits per heavy atom. The van der Waals surface area contributed by atoms with Crippen molar-refractivity contribution in [2.45, 2.75) is 38.8 Å². The molecule has 0 unspecified atom stereocenters. The molecule has 0 saturated heterocycles. The van der Waals surface area contributed by atoms with Crippen LogP contribution >= 0.6 is 0 Å². The summed E-state index contributed by atoms with van der Waals surface area (Å²) in [4.78, 5) is 24.0. The monoisotopic (exact) mass is 390 g/mol. The number of carbonyl (C=O) groups is 2. The second-order valence-corrected chi connectivity index (χ2v) is 6.58. The number of hydrogen-bond donors (Lipinski definition) is 2. The van der Waals surface area contributed by atoms with Crippen LogP contribution in [0.25, 0.3) is 0 Å². The van der Waals surface area contributed by atoms with Crippen LogP contribution in [0, 0.1) is 11.6 Å². The number of rotatable bonds is 9. The third-order valence-corrected chi connectivity index (χ3v) is 4.46. The Kier molecular flexibility index (Phi) is 7.23. The number of ketones is 1. The Balaban J connectivity index is 2.44. The summed E-state index contributed by atoms with van der Waals surface area (Å²) in [7, 11) is 1.35. The molecule has 28 heavy (non-hydrogen) atoms. The molecule has 0 aliphatic rings. The molecule has 5 nitrogen and oxygen atoms in total. The van der Waals surface area contributed by atoms with Gasteiger partial charge in [0.15, 0.2) is 5.78 Å². The molecule has 0 radical (unpaired) electrons. The van der Waals surface area contributed by atoms with Gasteiger partial charge in [-0.3, -0.25) is 9.59 Å². The fraction of sp³-hybridized carbons (Fsp3) is 0.333. The molecule has 0 aliphatic heterocycles. The summed E-state index contributed by atoms with van der Waals surface area (Å²) in [5.74, 6) is -2.17. The highest BCUT2D eigenvalue weighted by Gasteiger charge is 2.26. The number of hydrogen-bond acceptors (Lipinski definition) is 4. The number of nitrogens with one attached hydrogen (secondary N) is 1. The Labute approximate surface area is 162 Å². The van der Waals surface area contributed by atoms with Gasteiger partial charge in [-0.15, -0.1) is 0 Å². The van der Waals surface area contributed by atoms with E-state index in [1.807, 2.05) is 6.92 Å². The van der Waals surface area contributed by atoms with Crippen molar-refractivity contribution in [2.75, 3.05) is 7.11 Å². The van der Waals surface area contributed by atoms with Crippen LogP contribution in [0.1, 0.15) is 54.2 Å². The number of nitrogens with two attached hydrogens (primary N) is 1. The van der Waals surface area contributed by atoms with Crippen LogP contribution in [0.4, 0.5) is 8.78 Å². The zero-order chi connectivity index (χ0) is 20.8. The van der Waals surface area contributed by atoms with E-state index in [1.54, 1.807) is 13.0 Å². The van der Waals surface area contributed by atoms with Crippen LogP contribution in [0.5, 0.6) is 5.75 Å². The van der Waals surface area contributed by atoms with Gasteiger partial charge in [-0.05, 0) is 43.7 Å². The number of halogens is 2. The van der Waals surface area contributed by atoms with Gasteiger partial charge >= 0.3 is 0 Å². The first-order valence-electron chi connectivity index (χ1n) is 8.99. The van der Waals surface area contributed by atoms with E-state index in [0.29, 0.717) is 6.42 Å². The van der Waals surface area contributed by atoms with Gasteiger partial charge in [-0.25, -0.2) is 8.78 Å². The van der Waals surface area contributed by atoms with Gasteiger partial charge < -0.3 is 15.8 Å². The molecule has 0 saturated carbocycles. The summed E-state index contributed by atoms with van der Waals surface area (Å²) in [5.41, 5.74) is 5.44. The van der Waals surface area contributed by atoms with E-state index in [1.165, 1.54) is 25.3 Å². The van der Waals surface area contributed by atoms with Crippen molar-refractivity contribution in [1.29, 1.82) is 0 Å². The summed E-state index contributed by atoms with van der Waals surface area (Å²) in [5, 5.41) is 3.16. The normalized spacial score (nSPS) is 13.0. The fourth-order valence-corrected chi connectivity index (χ4v) is 3.10. The van der Waals surface area contributed by atoms with Crippen LogP contribution < -0.4 is 15.8 Å². The minimum atomic E-state index is -0.709. The maximum atomic E-state index is 15.4. The number of carbonyl (C=O) groups excluding carboxylic acids is 2. The number of methoxy groups -OCH3 is 1. The van der Waals surface area contributed by atoms with Crippen molar-refractivity contribution in [3.8, 4) is 5.75 Å². The predicted octanol–water partition coefficient (Wildman–Crippen LogP) is 3.51. The molecule has 2 aromatic carbocycles. The van der Waals surface area contributed by atoms with Gasteiger partial charge in [0, 0.05) is 29.6 Å². The molecule has 0 fully saturated rings. The Hall–Kier alpha value is -2.80. The number of primary amides is 1. The van der Waals surface area contributed by atoms with E-state index in [4.69, 9.17) is 10.5 Å². The second kappa shape index (κ2) is 9.41. The predicted molar refractivity (Wildman–Crippen MR) is 102 cm³/mol. The van der Waals surface area contributed by atoms with Gasteiger partial charge in [0.2, 0.25) is 5.91 Å². The SMILES string of the molecule is CC[C@@H](N[C@@H](C)CC(N)=O)c1ccc(OC)c(C(=O)c2ccc(F)cc2)c1F. The zero-order valence-corrected chi connectivity index (χ0v) is 16.1. The number of amides is 1. The molecule has 2 aromatic rings. The van der Waals surface area contributed by atoms with Crippen LogP contribution in [-0.2, 0) is 4.79 Å². The van der Waals surface area contributed by atoms with Crippen molar-refractivity contribution < 1.29 is 23.1 Å². The van der Waals surface area contributed by atoms with Gasteiger partial charge in [0.25, 0.3) is 0 Å². The first kappa shape index (κ1) is 21.5. The summed E-state index contributed by atoms with van der Waals surface area (Å²) in [6.45, 7) is 3.64. The molecule has 0 aromatic heterocycles. The molecule has 0 spiro atoms. The maximum Gasteiger partial charge on any atom is 0.218 e. The molecular weight excluding hydrogens is 366 g/mol. The topological polar surface area (TPSA) is 81.4 Å². The summed E-state index contributed by atoms with van der Waals surface area (Å²) >= 11 is 0. The lowest BCUT2D eigenvalue weighted by Crippen LogP contribution is -2.34. The zero-order valence-electron chi connectivity index (χ0n) is 16.1. The van der Waals surface area contributed by atoms with Crippen LogP contribution in [0.3, 0.4) is 0 Å². The Morgan fingerprint density at radius 3 is 2.32 bits per heavy atom. The van der Waals surface area contributed by atoms with E-state index in [9.17, 15) is 14.0 Å². The second-order valence-electron chi connectivity index (χ2n) is 6.58. The molecular formula is C21H24F2N2O3. The van der Waals surface area contributed by atoms with E-state index in [0.717, 1.165) is 12.1 Å². The Morgan fingerprint density at radius 2 is 1.79 bits per heavy atom. The van der Waals surface area contributed by atoms with Crippen LogP contribution in [-0.4, -0.2) is 24.8 Å². The largest absolute Gasteiger partial charge is 0.496 e. The highest BCUT2D eigenvalue weighted by molar-refractivity contribution is 6.11. The minimum Gasteiger partial charge on any atom is -0.496 e. The standard InChI is InChI=1S/C21H24F2N2O3/c1-4-16(25-12(2)11-18(24)26)15-9-10-17(28-3)19(20(15)23)21(27)13-5-7-14(22)8-6-13/h5-10,12,16,25H,4,11H2,1-3H3,(H2,24,26)/t12-,16+/m0/s1. The lowest BCUT2D eigenvalue weighted by molar-refractivity contribution is -0.118. The number of benzene rings is 2. The van der Waals surface area contributed by atoms with Crippen molar-refractivity contribution in [2.24, 2.45) is 5.73 Å². The van der Waals surface area contributed by atoms with E-state index in [2.05, 4.69) is 5.32 Å². The van der Waals surface area contributed by atoms with Crippen LogP contribution in [0.15, 0.2) is 36.4 Å². The van der Waals surface area contributed by atoms with Crippen molar-refractivity contribution in [3.05, 3.63) is 64.7 Å². The van der Waals surface area contributed by atoms with Gasteiger partial charge in [0.05, 0.1) is 7.11 Å².